The van der Waals surface area contributed by atoms with E-state index < -0.39 is 17.3 Å². The van der Waals surface area contributed by atoms with E-state index in [0.717, 1.165) is 13.0 Å². The van der Waals surface area contributed by atoms with Gasteiger partial charge in [0, 0.05) is 12.2 Å². The summed E-state index contributed by atoms with van der Waals surface area (Å²) < 4.78 is 4.91. The Kier molecular flexibility index (Phi) is 8.25. The molecule has 0 unspecified atom stereocenters. The van der Waals surface area contributed by atoms with Gasteiger partial charge in [0.25, 0.3) is 0 Å². The SMILES string of the molecule is CCOC(=O)c1ccc(NC(=O)C(C)(C)C(=O)NCCCN(C)C)cc1. The molecule has 0 radical (unpaired) electrons. The van der Waals surface area contributed by atoms with Gasteiger partial charge in [-0.2, -0.15) is 0 Å². The van der Waals surface area contributed by atoms with E-state index in [1.807, 2.05) is 19.0 Å². The van der Waals surface area contributed by atoms with Crippen LogP contribution in [0.2, 0.25) is 0 Å². The van der Waals surface area contributed by atoms with Crippen LogP contribution >= 0.6 is 0 Å². The van der Waals surface area contributed by atoms with Gasteiger partial charge in [0.05, 0.1) is 12.2 Å². The molecule has 0 heterocycles. The van der Waals surface area contributed by atoms with Gasteiger partial charge in [-0.3, -0.25) is 9.59 Å². The number of nitrogens with zero attached hydrogens (tertiary/aromatic N) is 1. The van der Waals surface area contributed by atoms with Crippen molar-refractivity contribution in [3.05, 3.63) is 29.8 Å². The van der Waals surface area contributed by atoms with Crippen LogP contribution in [0.5, 0.6) is 0 Å². The second-order valence-corrected chi connectivity index (χ2v) is 6.79. The first-order valence-electron chi connectivity index (χ1n) is 8.70. The first-order chi connectivity index (χ1) is 12.2. The van der Waals surface area contributed by atoms with Crippen molar-refractivity contribution in [2.75, 3.05) is 39.1 Å². The van der Waals surface area contributed by atoms with Gasteiger partial charge in [-0.25, -0.2) is 4.79 Å². The first kappa shape index (κ1) is 21.6. The third-order valence-corrected chi connectivity index (χ3v) is 3.86. The van der Waals surface area contributed by atoms with Crippen LogP contribution in [-0.2, 0) is 14.3 Å². The van der Waals surface area contributed by atoms with E-state index in [9.17, 15) is 14.4 Å². The molecule has 1 aromatic carbocycles. The number of ether oxygens (including phenoxy) is 1. The molecule has 0 aliphatic carbocycles. The molecule has 2 amide bonds. The number of rotatable bonds is 9. The molecule has 0 saturated heterocycles. The summed E-state index contributed by atoms with van der Waals surface area (Å²) in [5.74, 6) is -1.15. The Hall–Kier alpha value is -2.41. The minimum absolute atomic E-state index is 0.301. The van der Waals surface area contributed by atoms with Crippen LogP contribution in [0, 0.1) is 5.41 Å². The monoisotopic (exact) mass is 363 g/mol. The summed E-state index contributed by atoms with van der Waals surface area (Å²) in [6, 6.07) is 6.36. The zero-order valence-electron chi connectivity index (χ0n) is 16.2. The van der Waals surface area contributed by atoms with Crippen molar-refractivity contribution in [1.82, 2.24) is 10.2 Å². The number of hydrogen-bond donors (Lipinski definition) is 2. The molecule has 1 aromatic rings. The van der Waals surface area contributed by atoms with Crippen molar-refractivity contribution in [3.63, 3.8) is 0 Å². The first-order valence-corrected chi connectivity index (χ1v) is 8.70. The van der Waals surface area contributed by atoms with E-state index in [0.29, 0.717) is 24.4 Å². The van der Waals surface area contributed by atoms with Crippen LogP contribution in [0.1, 0.15) is 37.6 Å². The highest BCUT2D eigenvalue weighted by atomic mass is 16.5. The van der Waals surface area contributed by atoms with Gasteiger partial charge in [0.15, 0.2) is 0 Å². The highest BCUT2D eigenvalue weighted by molar-refractivity contribution is 6.09. The number of carbonyl (C=O) groups is 3. The molecule has 7 nitrogen and oxygen atoms in total. The summed E-state index contributed by atoms with van der Waals surface area (Å²) >= 11 is 0. The number of esters is 1. The van der Waals surface area contributed by atoms with E-state index in [2.05, 4.69) is 10.6 Å². The normalized spacial score (nSPS) is 11.2. The zero-order chi connectivity index (χ0) is 19.7. The van der Waals surface area contributed by atoms with Crippen LogP contribution in [0.4, 0.5) is 5.69 Å². The Labute approximate surface area is 155 Å². The summed E-state index contributed by atoms with van der Waals surface area (Å²) in [5.41, 5.74) is -0.294. The smallest absolute Gasteiger partial charge is 0.338 e. The Balaban J connectivity index is 2.61. The second kappa shape index (κ2) is 9.91. The molecule has 1 rings (SSSR count). The van der Waals surface area contributed by atoms with Gasteiger partial charge in [-0.15, -0.1) is 0 Å². The summed E-state index contributed by atoms with van der Waals surface area (Å²) in [6.07, 6.45) is 0.811. The zero-order valence-corrected chi connectivity index (χ0v) is 16.2. The summed E-state index contributed by atoms with van der Waals surface area (Å²) in [7, 11) is 3.93. The molecule has 0 fully saturated rings. The van der Waals surface area contributed by atoms with Gasteiger partial charge >= 0.3 is 5.97 Å². The molecular weight excluding hydrogens is 334 g/mol. The molecule has 0 saturated carbocycles. The fourth-order valence-electron chi connectivity index (χ4n) is 2.11. The van der Waals surface area contributed by atoms with E-state index in [1.165, 1.54) is 0 Å². The summed E-state index contributed by atoms with van der Waals surface area (Å²) in [6.45, 7) is 6.57. The maximum absolute atomic E-state index is 12.5. The lowest BCUT2D eigenvalue weighted by Gasteiger charge is -2.23. The number of carbonyl (C=O) groups excluding carboxylic acids is 3. The van der Waals surface area contributed by atoms with Crippen molar-refractivity contribution in [2.24, 2.45) is 5.41 Å². The Morgan fingerprint density at radius 3 is 2.23 bits per heavy atom. The van der Waals surface area contributed by atoms with Crippen molar-refractivity contribution in [2.45, 2.75) is 27.2 Å². The molecule has 0 spiro atoms. The molecule has 0 bridgehead atoms. The minimum Gasteiger partial charge on any atom is -0.462 e. The summed E-state index contributed by atoms with van der Waals surface area (Å²) in [4.78, 5) is 38.4. The molecule has 2 N–H and O–H groups in total. The fourth-order valence-corrected chi connectivity index (χ4v) is 2.11. The standard InChI is InChI=1S/C19H29N3O4/c1-6-26-16(23)14-8-10-15(11-9-14)21-18(25)19(2,3)17(24)20-12-7-13-22(4)5/h8-11H,6-7,12-13H2,1-5H3,(H,20,24)(H,21,25). The second-order valence-electron chi connectivity index (χ2n) is 6.79. The van der Waals surface area contributed by atoms with E-state index in [-0.39, 0.29) is 5.91 Å². The Bertz CT molecular complexity index is 624. The number of nitrogens with one attached hydrogen (secondary N) is 2. The molecular formula is C19H29N3O4. The van der Waals surface area contributed by atoms with Crippen molar-refractivity contribution >= 4 is 23.5 Å². The lowest BCUT2D eigenvalue weighted by Crippen LogP contribution is -2.45. The van der Waals surface area contributed by atoms with Crippen LogP contribution in [0.25, 0.3) is 0 Å². The van der Waals surface area contributed by atoms with Crippen LogP contribution in [0.15, 0.2) is 24.3 Å². The third-order valence-electron chi connectivity index (χ3n) is 3.86. The van der Waals surface area contributed by atoms with Crippen molar-refractivity contribution in [3.8, 4) is 0 Å². The molecule has 0 aliphatic rings. The predicted molar refractivity (Wildman–Crippen MR) is 101 cm³/mol. The molecule has 144 valence electrons. The number of hydrogen-bond acceptors (Lipinski definition) is 5. The fraction of sp³-hybridized carbons (Fsp3) is 0.526. The van der Waals surface area contributed by atoms with E-state index >= 15 is 0 Å². The van der Waals surface area contributed by atoms with Gasteiger partial charge in [0.2, 0.25) is 11.8 Å². The van der Waals surface area contributed by atoms with Gasteiger partial charge < -0.3 is 20.3 Å². The van der Waals surface area contributed by atoms with Gasteiger partial charge in [-0.1, -0.05) is 0 Å². The van der Waals surface area contributed by atoms with Crippen LogP contribution in [0.3, 0.4) is 0 Å². The average molecular weight is 363 g/mol. The maximum Gasteiger partial charge on any atom is 0.338 e. The average Bonchev–Trinajstić information content (AvgIpc) is 2.59. The molecule has 26 heavy (non-hydrogen) atoms. The van der Waals surface area contributed by atoms with E-state index in [1.54, 1.807) is 45.0 Å². The van der Waals surface area contributed by atoms with E-state index in [4.69, 9.17) is 4.74 Å². The lowest BCUT2D eigenvalue weighted by molar-refractivity contribution is -0.138. The van der Waals surface area contributed by atoms with Crippen molar-refractivity contribution < 1.29 is 19.1 Å². The predicted octanol–water partition coefficient (Wildman–Crippen LogP) is 1.90. The topological polar surface area (TPSA) is 87.7 Å². The Morgan fingerprint density at radius 2 is 1.69 bits per heavy atom. The number of benzene rings is 1. The van der Waals surface area contributed by atoms with Gasteiger partial charge in [0.1, 0.15) is 5.41 Å². The minimum atomic E-state index is -1.21. The molecule has 0 aliphatic heterocycles. The molecule has 0 aromatic heterocycles. The highest BCUT2D eigenvalue weighted by Crippen LogP contribution is 2.19. The quantitative estimate of drug-likeness (QED) is 0.397. The molecule has 0 atom stereocenters. The third kappa shape index (κ3) is 6.48. The van der Waals surface area contributed by atoms with Gasteiger partial charge in [-0.05, 0) is 72.1 Å². The largest absolute Gasteiger partial charge is 0.462 e. The maximum atomic E-state index is 12.5. The van der Waals surface area contributed by atoms with Crippen molar-refractivity contribution in [1.29, 1.82) is 0 Å². The lowest BCUT2D eigenvalue weighted by atomic mass is 9.91. The Morgan fingerprint density at radius 1 is 1.08 bits per heavy atom. The van der Waals surface area contributed by atoms with Crippen LogP contribution in [-0.4, -0.2) is 56.5 Å². The van der Waals surface area contributed by atoms with Crippen LogP contribution < -0.4 is 10.6 Å². The number of anilines is 1. The summed E-state index contributed by atoms with van der Waals surface area (Å²) in [5, 5.41) is 5.51. The highest BCUT2D eigenvalue weighted by Gasteiger charge is 2.35. The molecule has 7 heteroatoms. The number of amides is 2.